The Morgan fingerprint density at radius 3 is 2.30 bits per heavy atom. The predicted molar refractivity (Wildman–Crippen MR) is 108 cm³/mol. The lowest BCUT2D eigenvalue weighted by Crippen LogP contribution is -2.49. The van der Waals surface area contributed by atoms with Crippen molar-refractivity contribution in [1.29, 1.82) is 0 Å². The van der Waals surface area contributed by atoms with E-state index in [0.29, 0.717) is 18.8 Å². The minimum absolute atomic E-state index is 0.0175. The van der Waals surface area contributed by atoms with E-state index in [1.807, 2.05) is 4.90 Å². The molecule has 2 saturated heterocycles. The van der Waals surface area contributed by atoms with Gasteiger partial charge < -0.3 is 14.7 Å². The van der Waals surface area contributed by atoms with Crippen LogP contribution in [0.2, 0.25) is 0 Å². The first-order valence-corrected chi connectivity index (χ1v) is 9.81. The van der Waals surface area contributed by atoms with Crippen LogP contribution in [-0.4, -0.2) is 60.0 Å². The molecule has 0 spiro atoms. The fourth-order valence-electron chi connectivity index (χ4n) is 3.93. The fraction of sp³-hybridized carbons (Fsp3) is 0.476. The Kier molecular flexibility index (Phi) is 4.97. The molecule has 0 unspecified atom stereocenters. The molecule has 2 fully saturated rings. The van der Waals surface area contributed by atoms with E-state index in [2.05, 4.69) is 51.8 Å². The molecule has 0 bridgehead atoms. The van der Waals surface area contributed by atoms with Crippen LogP contribution < -0.4 is 9.80 Å². The molecule has 2 aliphatic rings. The smallest absolute Gasteiger partial charge is 0.274 e. The van der Waals surface area contributed by atoms with Gasteiger partial charge in [-0.05, 0) is 43.9 Å². The van der Waals surface area contributed by atoms with Crippen molar-refractivity contribution >= 4 is 17.4 Å². The largest absolute Gasteiger partial charge is 0.368 e. The van der Waals surface area contributed by atoms with Crippen molar-refractivity contribution in [2.45, 2.75) is 26.7 Å². The third kappa shape index (κ3) is 3.61. The highest BCUT2D eigenvalue weighted by atomic mass is 16.2. The predicted octanol–water partition coefficient (Wildman–Crippen LogP) is 2.66. The molecule has 0 saturated carbocycles. The second kappa shape index (κ2) is 7.55. The molecule has 0 radical (unpaired) electrons. The van der Waals surface area contributed by atoms with Gasteiger partial charge in [0.1, 0.15) is 11.5 Å². The molecular weight excluding hydrogens is 338 g/mol. The zero-order chi connectivity index (χ0) is 18.8. The summed E-state index contributed by atoms with van der Waals surface area (Å²) < 4.78 is 0. The van der Waals surface area contributed by atoms with Crippen LogP contribution in [0.4, 0.5) is 11.5 Å². The van der Waals surface area contributed by atoms with Gasteiger partial charge >= 0.3 is 0 Å². The first-order valence-electron chi connectivity index (χ1n) is 9.81. The van der Waals surface area contributed by atoms with E-state index < -0.39 is 0 Å². The van der Waals surface area contributed by atoms with E-state index in [1.54, 1.807) is 12.4 Å². The maximum atomic E-state index is 12.8. The van der Waals surface area contributed by atoms with E-state index in [0.717, 1.165) is 32.0 Å². The number of rotatable bonds is 3. The molecule has 6 nitrogen and oxygen atoms in total. The Hall–Kier alpha value is -2.63. The number of hydrogen-bond acceptors (Lipinski definition) is 5. The lowest BCUT2D eigenvalue weighted by molar-refractivity contribution is 0.0740. The summed E-state index contributed by atoms with van der Waals surface area (Å²) in [5, 5.41) is 0. The molecule has 2 aromatic rings. The molecule has 1 aromatic heterocycles. The zero-order valence-electron chi connectivity index (χ0n) is 16.2. The number of benzene rings is 1. The highest BCUT2D eigenvalue weighted by Gasteiger charge is 2.24. The summed E-state index contributed by atoms with van der Waals surface area (Å²) >= 11 is 0. The van der Waals surface area contributed by atoms with E-state index in [4.69, 9.17) is 0 Å². The Morgan fingerprint density at radius 2 is 1.63 bits per heavy atom. The first-order chi connectivity index (χ1) is 13.1. The van der Waals surface area contributed by atoms with Gasteiger partial charge in [0, 0.05) is 45.0 Å². The Bertz CT molecular complexity index is 806. The van der Waals surface area contributed by atoms with Crippen molar-refractivity contribution in [3.8, 4) is 0 Å². The van der Waals surface area contributed by atoms with Crippen LogP contribution in [0.1, 0.15) is 34.5 Å². The number of piperazine rings is 1. The van der Waals surface area contributed by atoms with Gasteiger partial charge in [0.25, 0.3) is 5.91 Å². The number of anilines is 2. The number of aryl methyl sites for hydroxylation is 1. The highest BCUT2D eigenvalue weighted by molar-refractivity contribution is 5.92. The topological polar surface area (TPSA) is 52.6 Å². The number of carbonyl (C=O) groups excluding carboxylic acids is 1. The van der Waals surface area contributed by atoms with Crippen LogP contribution in [0.15, 0.2) is 30.6 Å². The van der Waals surface area contributed by atoms with Crippen molar-refractivity contribution in [2.75, 3.05) is 49.1 Å². The minimum Gasteiger partial charge on any atom is -0.368 e. The maximum Gasteiger partial charge on any atom is 0.274 e. The van der Waals surface area contributed by atoms with Gasteiger partial charge in [0.05, 0.1) is 12.4 Å². The van der Waals surface area contributed by atoms with Crippen molar-refractivity contribution in [3.63, 3.8) is 0 Å². The lowest BCUT2D eigenvalue weighted by Gasteiger charge is -2.36. The minimum atomic E-state index is -0.0175. The number of carbonyl (C=O) groups is 1. The second-order valence-electron chi connectivity index (χ2n) is 7.45. The monoisotopic (exact) mass is 365 g/mol. The van der Waals surface area contributed by atoms with Gasteiger partial charge in [-0.3, -0.25) is 4.79 Å². The molecule has 1 amide bonds. The van der Waals surface area contributed by atoms with Crippen LogP contribution >= 0.6 is 0 Å². The molecule has 6 heteroatoms. The molecule has 1 aromatic carbocycles. The highest BCUT2D eigenvalue weighted by Crippen LogP contribution is 2.24. The zero-order valence-corrected chi connectivity index (χ0v) is 16.2. The van der Waals surface area contributed by atoms with Gasteiger partial charge in [-0.15, -0.1) is 0 Å². The van der Waals surface area contributed by atoms with Crippen molar-refractivity contribution in [2.24, 2.45) is 0 Å². The van der Waals surface area contributed by atoms with Crippen LogP contribution in [0.3, 0.4) is 0 Å². The van der Waals surface area contributed by atoms with Crippen LogP contribution in [0.25, 0.3) is 0 Å². The molecule has 0 atom stereocenters. The Morgan fingerprint density at radius 1 is 0.889 bits per heavy atom. The lowest BCUT2D eigenvalue weighted by atomic mass is 10.1. The van der Waals surface area contributed by atoms with Gasteiger partial charge in [-0.25, -0.2) is 9.97 Å². The van der Waals surface area contributed by atoms with Crippen molar-refractivity contribution in [1.82, 2.24) is 14.9 Å². The first kappa shape index (κ1) is 17.8. The summed E-state index contributed by atoms with van der Waals surface area (Å²) in [6.45, 7) is 9.47. The molecule has 142 valence electrons. The van der Waals surface area contributed by atoms with Gasteiger partial charge in [0.2, 0.25) is 0 Å². The summed E-state index contributed by atoms with van der Waals surface area (Å²) in [7, 11) is 0. The summed E-state index contributed by atoms with van der Waals surface area (Å²) in [5.41, 5.74) is 4.34. The third-order valence-electron chi connectivity index (χ3n) is 5.77. The van der Waals surface area contributed by atoms with Crippen molar-refractivity contribution < 1.29 is 4.79 Å². The number of nitrogens with zero attached hydrogens (tertiary/aromatic N) is 5. The third-order valence-corrected chi connectivity index (χ3v) is 5.77. The Labute approximate surface area is 160 Å². The molecule has 4 rings (SSSR count). The molecular formula is C21H27N5O. The summed E-state index contributed by atoms with van der Waals surface area (Å²) in [6.07, 6.45) is 5.78. The van der Waals surface area contributed by atoms with Gasteiger partial charge in [0.15, 0.2) is 0 Å². The SMILES string of the molecule is Cc1cccc(N2CCN(C(=O)c3cnc(N4CCCC4)cn3)CC2)c1C. The van der Waals surface area contributed by atoms with E-state index in [1.165, 1.54) is 29.7 Å². The quantitative estimate of drug-likeness (QED) is 0.837. The summed E-state index contributed by atoms with van der Waals surface area (Å²) in [4.78, 5) is 28.1. The van der Waals surface area contributed by atoms with Gasteiger partial charge in [-0.1, -0.05) is 12.1 Å². The Balaban J connectivity index is 1.39. The average molecular weight is 365 g/mol. The van der Waals surface area contributed by atoms with Crippen LogP contribution in [0, 0.1) is 13.8 Å². The van der Waals surface area contributed by atoms with Crippen molar-refractivity contribution in [3.05, 3.63) is 47.4 Å². The number of aromatic nitrogens is 2. The van der Waals surface area contributed by atoms with Gasteiger partial charge in [-0.2, -0.15) is 0 Å². The van der Waals surface area contributed by atoms with Crippen LogP contribution in [-0.2, 0) is 0 Å². The number of amides is 1. The fourth-order valence-corrected chi connectivity index (χ4v) is 3.93. The van der Waals surface area contributed by atoms with E-state index in [-0.39, 0.29) is 5.91 Å². The van der Waals surface area contributed by atoms with E-state index >= 15 is 0 Å². The standard InChI is InChI=1S/C21H27N5O/c1-16-6-5-7-19(17(16)2)24-10-12-26(13-11-24)21(27)18-14-23-20(15-22-18)25-8-3-4-9-25/h5-7,14-15H,3-4,8-13H2,1-2H3. The molecule has 0 N–H and O–H groups in total. The molecule has 2 aliphatic heterocycles. The molecule has 3 heterocycles. The second-order valence-corrected chi connectivity index (χ2v) is 7.45. The summed E-state index contributed by atoms with van der Waals surface area (Å²) in [5.74, 6) is 0.861. The maximum absolute atomic E-state index is 12.8. The van der Waals surface area contributed by atoms with E-state index in [9.17, 15) is 4.79 Å². The average Bonchev–Trinajstić information content (AvgIpc) is 3.25. The summed E-state index contributed by atoms with van der Waals surface area (Å²) in [6, 6.07) is 6.41. The molecule has 27 heavy (non-hydrogen) atoms. The number of hydrogen-bond donors (Lipinski definition) is 0. The van der Waals surface area contributed by atoms with Crippen LogP contribution in [0.5, 0.6) is 0 Å². The molecule has 0 aliphatic carbocycles. The normalized spacial score (nSPS) is 17.5.